The van der Waals surface area contributed by atoms with Gasteiger partial charge in [0.1, 0.15) is 0 Å². The number of benzene rings is 1. The van der Waals surface area contributed by atoms with E-state index in [1.165, 1.54) is 0 Å². The second-order valence-electron chi connectivity index (χ2n) is 5.76. The molecule has 0 N–H and O–H groups in total. The van der Waals surface area contributed by atoms with Crippen molar-refractivity contribution in [3.63, 3.8) is 0 Å². The predicted molar refractivity (Wildman–Crippen MR) is 77.3 cm³/mol. The summed E-state index contributed by atoms with van der Waals surface area (Å²) < 4.78 is 70.1. The summed E-state index contributed by atoms with van der Waals surface area (Å²) in [5.41, 5.74) is 1.56. The van der Waals surface area contributed by atoms with Crippen LogP contribution in [-0.2, 0) is 9.59 Å². The van der Waals surface area contributed by atoms with Crippen molar-refractivity contribution in [1.82, 2.24) is 0 Å². The van der Waals surface area contributed by atoms with E-state index in [1.807, 2.05) is 6.92 Å². The number of carbonyl (C=O) groups excluding carboxylic acids is 2. The van der Waals surface area contributed by atoms with E-state index in [0.29, 0.717) is 12.0 Å². The van der Waals surface area contributed by atoms with E-state index in [9.17, 15) is 31.5 Å². The Balaban J connectivity index is 2.01. The molecule has 0 fully saturated rings. The average molecular weight is 362 g/mol. The number of ether oxygens (including phenoxy) is 1. The van der Waals surface area contributed by atoms with Gasteiger partial charge in [-0.3, -0.25) is 9.59 Å². The van der Waals surface area contributed by atoms with Crippen molar-refractivity contribution in [2.75, 3.05) is 0 Å². The Labute approximate surface area is 140 Å². The summed E-state index contributed by atoms with van der Waals surface area (Å²) in [4.78, 5) is 23.4. The number of halogens is 5. The fraction of sp³-hybridized carbons (Fsp3) is 0.412. The average Bonchev–Trinajstić information content (AvgIpc) is 2.58. The molecule has 25 heavy (non-hydrogen) atoms. The zero-order valence-corrected chi connectivity index (χ0v) is 13.4. The minimum atomic E-state index is -2.33. The van der Waals surface area contributed by atoms with E-state index in [2.05, 4.69) is 4.74 Å². The zero-order chi connectivity index (χ0) is 18.7. The van der Waals surface area contributed by atoms with Crippen LogP contribution in [0.3, 0.4) is 0 Å². The number of ketones is 1. The molecule has 1 aliphatic rings. The molecule has 0 radical (unpaired) electrons. The fourth-order valence-electron chi connectivity index (χ4n) is 2.66. The third-order valence-corrected chi connectivity index (χ3v) is 4.00. The molecule has 0 aliphatic heterocycles. The van der Waals surface area contributed by atoms with Crippen molar-refractivity contribution in [1.29, 1.82) is 0 Å². The molecule has 0 saturated carbocycles. The van der Waals surface area contributed by atoms with Crippen LogP contribution >= 0.6 is 0 Å². The lowest BCUT2D eigenvalue weighted by Gasteiger charge is -2.16. The summed E-state index contributed by atoms with van der Waals surface area (Å²) in [6.45, 7) is 1.82. The molecule has 0 unspecified atom stereocenters. The molecule has 0 amide bonds. The van der Waals surface area contributed by atoms with E-state index in [-0.39, 0.29) is 25.0 Å². The Hall–Kier alpha value is -2.25. The highest BCUT2D eigenvalue weighted by molar-refractivity contribution is 5.96. The summed E-state index contributed by atoms with van der Waals surface area (Å²) in [6.07, 6.45) is 2.11. The van der Waals surface area contributed by atoms with Crippen molar-refractivity contribution < 1.29 is 36.3 Å². The Morgan fingerprint density at radius 3 is 2.08 bits per heavy atom. The Morgan fingerprint density at radius 1 is 0.960 bits per heavy atom. The van der Waals surface area contributed by atoms with E-state index in [4.69, 9.17) is 0 Å². The third-order valence-electron chi connectivity index (χ3n) is 4.00. The largest absolute Gasteiger partial charge is 0.420 e. The quantitative estimate of drug-likeness (QED) is 0.254. The van der Waals surface area contributed by atoms with Gasteiger partial charge in [0, 0.05) is 12.8 Å². The van der Waals surface area contributed by atoms with Gasteiger partial charge >= 0.3 is 5.97 Å². The maximum Gasteiger partial charge on any atom is 0.311 e. The SMILES string of the molecule is CC1=C(CCCC(=O)Oc2c(F)c(F)c(F)c(F)c2F)C(=O)CCC1. The third kappa shape index (κ3) is 4.05. The number of esters is 1. The Kier molecular flexibility index (Phi) is 5.92. The van der Waals surface area contributed by atoms with Gasteiger partial charge in [-0.25, -0.2) is 13.2 Å². The van der Waals surface area contributed by atoms with Crippen molar-refractivity contribution in [3.05, 3.63) is 40.2 Å². The van der Waals surface area contributed by atoms with Gasteiger partial charge in [0.05, 0.1) is 0 Å². The van der Waals surface area contributed by atoms with Crippen molar-refractivity contribution in [3.8, 4) is 5.75 Å². The lowest BCUT2D eigenvalue weighted by Crippen LogP contribution is -2.14. The number of hydrogen-bond acceptors (Lipinski definition) is 3. The molecule has 0 atom stereocenters. The molecule has 136 valence electrons. The smallest absolute Gasteiger partial charge is 0.311 e. The van der Waals surface area contributed by atoms with Crippen LogP contribution < -0.4 is 4.74 Å². The second-order valence-corrected chi connectivity index (χ2v) is 5.76. The number of Topliss-reactive ketones (excluding diaryl/α,β-unsaturated/α-hetero) is 1. The number of rotatable bonds is 5. The standard InChI is InChI=1S/C17H15F5O3/c1-8-4-2-6-10(23)9(8)5-3-7-11(24)25-17-15(21)13(19)12(18)14(20)16(17)22/h2-7H2,1H3. The molecular formula is C17H15F5O3. The number of allylic oxidation sites excluding steroid dienone is 2. The van der Waals surface area contributed by atoms with Gasteiger partial charge in [-0.05, 0) is 38.2 Å². The molecule has 0 spiro atoms. The highest BCUT2D eigenvalue weighted by Gasteiger charge is 2.28. The minimum Gasteiger partial charge on any atom is -0.420 e. The van der Waals surface area contributed by atoms with Gasteiger partial charge in [0.15, 0.2) is 5.78 Å². The molecular weight excluding hydrogens is 347 g/mol. The predicted octanol–water partition coefficient (Wildman–Crippen LogP) is 4.53. The van der Waals surface area contributed by atoms with Crippen molar-refractivity contribution in [2.45, 2.75) is 45.4 Å². The first-order valence-corrected chi connectivity index (χ1v) is 7.68. The molecule has 0 aromatic heterocycles. The lowest BCUT2D eigenvalue weighted by molar-refractivity contribution is -0.135. The van der Waals surface area contributed by atoms with E-state index in [0.717, 1.165) is 18.4 Å². The van der Waals surface area contributed by atoms with Crippen LogP contribution in [0.15, 0.2) is 11.1 Å². The molecule has 1 aromatic carbocycles. The van der Waals surface area contributed by atoms with Crippen LogP contribution in [0.4, 0.5) is 22.0 Å². The number of hydrogen-bond donors (Lipinski definition) is 0. The first kappa shape index (κ1) is 19.1. The van der Waals surface area contributed by atoms with Gasteiger partial charge < -0.3 is 4.74 Å². The van der Waals surface area contributed by atoms with Crippen LogP contribution in [0.2, 0.25) is 0 Å². The van der Waals surface area contributed by atoms with Crippen LogP contribution in [-0.4, -0.2) is 11.8 Å². The molecule has 8 heteroatoms. The normalized spacial score (nSPS) is 14.9. The van der Waals surface area contributed by atoms with Crippen LogP contribution in [0.1, 0.15) is 45.4 Å². The van der Waals surface area contributed by atoms with Gasteiger partial charge in [-0.1, -0.05) is 5.57 Å². The number of carbonyl (C=O) groups is 2. The summed E-state index contributed by atoms with van der Waals surface area (Å²) in [7, 11) is 0. The fourth-order valence-corrected chi connectivity index (χ4v) is 2.66. The Morgan fingerprint density at radius 2 is 1.52 bits per heavy atom. The summed E-state index contributed by atoms with van der Waals surface area (Å²) in [6, 6.07) is 0. The lowest BCUT2D eigenvalue weighted by atomic mass is 9.88. The van der Waals surface area contributed by atoms with Crippen LogP contribution in [0.25, 0.3) is 0 Å². The Bertz CT molecular complexity index is 726. The molecule has 3 nitrogen and oxygen atoms in total. The first-order valence-electron chi connectivity index (χ1n) is 7.68. The topological polar surface area (TPSA) is 43.4 Å². The van der Waals surface area contributed by atoms with Crippen molar-refractivity contribution >= 4 is 11.8 Å². The molecule has 1 aromatic rings. The minimum absolute atomic E-state index is 0.00289. The summed E-state index contributed by atoms with van der Waals surface area (Å²) >= 11 is 0. The molecule has 0 saturated heterocycles. The molecule has 0 heterocycles. The van der Waals surface area contributed by atoms with Gasteiger partial charge in [-0.15, -0.1) is 0 Å². The second kappa shape index (κ2) is 7.76. The zero-order valence-electron chi connectivity index (χ0n) is 13.4. The molecule has 1 aliphatic carbocycles. The van der Waals surface area contributed by atoms with Gasteiger partial charge in [0.2, 0.25) is 34.8 Å². The van der Waals surface area contributed by atoms with Crippen LogP contribution in [0, 0.1) is 29.1 Å². The summed E-state index contributed by atoms with van der Waals surface area (Å²) in [5, 5.41) is 0. The first-order chi connectivity index (χ1) is 11.7. The highest BCUT2D eigenvalue weighted by Crippen LogP contribution is 2.30. The van der Waals surface area contributed by atoms with Crippen LogP contribution in [0.5, 0.6) is 5.75 Å². The maximum absolute atomic E-state index is 13.4. The highest BCUT2D eigenvalue weighted by atomic mass is 19.2. The van der Waals surface area contributed by atoms with Gasteiger partial charge in [-0.2, -0.15) is 8.78 Å². The van der Waals surface area contributed by atoms with Crippen molar-refractivity contribution in [2.24, 2.45) is 0 Å². The monoisotopic (exact) mass is 362 g/mol. The van der Waals surface area contributed by atoms with Gasteiger partial charge in [0.25, 0.3) is 0 Å². The van der Waals surface area contributed by atoms with E-state index >= 15 is 0 Å². The summed E-state index contributed by atoms with van der Waals surface area (Å²) in [5.74, 6) is -13.9. The van der Waals surface area contributed by atoms with E-state index in [1.54, 1.807) is 0 Å². The van der Waals surface area contributed by atoms with E-state index < -0.39 is 40.8 Å². The molecule has 2 rings (SSSR count). The molecule has 0 bridgehead atoms. The maximum atomic E-state index is 13.4.